The van der Waals surface area contributed by atoms with Gasteiger partial charge in [-0.25, -0.2) is 0 Å². The average Bonchev–Trinajstić information content (AvgIpc) is 2.67. The smallest absolute Gasteiger partial charge is 0.138 e. The van der Waals surface area contributed by atoms with E-state index in [1.165, 1.54) is 0 Å². The van der Waals surface area contributed by atoms with Gasteiger partial charge < -0.3 is 5.21 Å². The van der Waals surface area contributed by atoms with E-state index in [0.29, 0.717) is 5.71 Å². The first-order valence-corrected chi connectivity index (χ1v) is 5.79. The summed E-state index contributed by atoms with van der Waals surface area (Å²) in [4.78, 5) is 0. The summed E-state index contributed by atoms with van der Waals surface area (Å²) in [6.45, 7) is 6.87. The van der Waals surface area contributed by atoms with Crippen molar-refractivity contribution in [2.75, 3.05) is 6.54 Å². The number of rotatable bonds is 2. The van der Waals surface area contributed by atoms with Crippen LogP contribution in [0.4, 0.5) is 0 Å². The quantitative estimate of drug-likeness (QED) is 0.414. The van der Waals surface area contributed by atoms with E-state index in [2.05, 4.69) is 29.6 Å². The molecule has 1 saturated heterocycles. The van der Waals surface area contributed by atoms with Crippen LogP contribution in [-0.4, -0.2) is 23.0 Å². The summed E-state index contributed by atoms with van der Waals surface area (Å²) in [6, 6.07) is 9.99. The highest BCUT2D eigenvalue weighted by atomic mass is 16.4. The minimum absolute atomic E-state index is 0.0399. The second-order valence-electron chi connectivity index (χ2n) is 5.16. The summed E-state index contributed by atoms with van der Waals surface area (Å²) < 4.78 is 0. The van der Waals surface area contributed by atoms with Crippen LogP contribution < -0.4 is 10.6 Å². The standard InChI is InChI=1S/C13H19N3O/c1-10(15-17)13(11-7-5-4-6-8-11)14-9-12(2,3)16-13/h4-8,14,16-17H,9H2,1-3H3/b15-10+. The van der Waals surface area contributed by atoms with Crippen molar-refractivity contribution in [2.24, 2.45) is 5.16 Å². The summed E-state index contributed by atoms with van der Waals surface area (Å²) in [7, 11) is 0. The fourth-order valence-corrected chi connectivity index (χ4v) is 2.31. The lowest BCUT2D eigenvalue weighted by Gasteiger charge is -2.32. The number of benzene rings is 1. The molecule has 4 heteroatoms. The van der Waals surface area contributed by atoms with Gasteiger partial charge in [-0.05, 0) is 26.3 Å². The van der Waals surface area contributed by atoms with Crippen LogP contribution in [0.1, 0.15) is 26.3 Å². The number of nitrogens with zero attached hydrogens (tertiary/aromatic N) is 1. The van der Waals surface area contributed by atoms with Gasteiger partial charge in [0.1, 0.15) is 5.66 Å². The third-order valence-electron chi connectivity index (χ3n) is 3.22. The molecule has 1 unspecified atom stereocenters. The first-order chi connectivity index (χ1) is 8.00. The lowest BCUT2D eigenvalue weighted by atomic mass is 9.95. The van der Waals surface area contributed by atoms with Crippen molar-refractivity contribution in [3.05, 3.63) is 35.9 Å². The molecule has 1 aliphatic rings. The normalized spacial score (nSPS) is 28.3. The number of nitrogens with one attached hydrogen (secondary N) is 2. The first-order valence-electron chi connectivity index (χ1n) is 5.79. The molecule has 3 N–H and O–H groups in total. The summed E-state index contributed by atoms with van der Waals surface area (Å²) in [6.07, 6.45) is 0. The molecule has 2 rings (SSSR count). The van der Waals surface area contributed by atoms with Crippen LogP contribution in [0.15, 0.2) is 35.5 Å². The Labute approximate surface area is 102 Å². The van der Waals surface area contributed by atoms with E-state index in [4.69, 9.17) is 5.21 Å². The molecule has 0 radical (unpaired) electrons. The van der Waals surface area contributed by atoms with Crippen LogP contribution in [0.3, 0.4) is 0 Å². The molecule has 1 aromatic rings. The van der Waals surface area contributed by atoms with E-state index in [1.807, 2.05) is 37.3 Å². The summed E-state index contributed by atoms with van der Waals surface area (Å²) in [5.41, 5.74) is 1.07. The Morgan fingerprint density at radius 3 is 2.41 bits per heavy atom. The van der Waals surface area contributed by atoms with Gasteiger partial charge in [-0.15, -0.1) is 0 Å². The summed E-state index contributed by atoms with van der Waals surface area (Å²) >= 11 is 0. The van der Waals surface area contributed by atoms with E-state index in [-0.39, 0.29) is 5.54 Å². The lowest BCUT2D eigenvalue weighted by molar-refractivity contribution is 0.303. The van der Waals surface area contributed by atoms with Crippen molar-refractivity contribution in [3.63, 3.8) is 0 Å². The maximum Gasteiger partial charge on any atom is 0.138 e. The molecular formula is C13H19N3O. The van der Waals surface area contributed by atoms with Gasteiger partial charge in [0.15, 0.2) is 0 Å². The van der Waals surface area contributed by atoms with E-state index in [0.717, 1.165) is 12.1 Å². The SMILES string of the molecule is C/C(=N\O)C1(c2ccccc2)NCC(C)(C)N1. The molecule has 17 heavy (non-hydrogen) atoms. The van der Waals surface area contributed by atoms with Crippen LogP contribution >= 0.6 is 0 Å². The Morgan fingerprint density at radius 2 is 1.94 bits per heavy atom. The van der Waals surface area contributed by atoms with E-state index in [1.54, 1.807) is 0 Å². The van der Waals surface area contributed by atoms with E-state index in [9.17, 15) is 0 Å². The Kier molecular flexibility index (Phi) is 2.93. The number of hydrogen-bond donors (Lipinski definition) is 3. The van der Waals surface area contributed by atoms with Gasteiger partial charge in [0, 0.05) is 12.1 Å². The monoisotopic (exact) mass is 233 g/mol. The summed E-state index contributed by atoms with van der Waals surface area (Å²) in [5.74, 6) is 0. The summed E-state index contributed by atoms with van der Waals surface area (Å²) in [5, 5.41) is 19.4. The van der Waals surface area contributed by atoms with Gasteiger partial charge in [-0.1, -0.05) is 35.5 Å². The maximum absolute atomic E-state index is 9.10. The molecule has 1 heterocycles. The van der Waals surface area contributed by atoms with Gasteiger partial charge in [0.25, 0.3) is 0 Å². The topological polar surface area (TPSA) is 56.7 Å². The molecule has 1 aliphatic heterocycles. The molecule has 4 nitrogen and oxygen atoms in total. The molecule has 0 aromatic heterocycles. The zero-order chi connectivity index (χ0) is 12.5. The Hall–Kier alpha value is -1.39. The van der Waals surface area contributed by atoms with Crippen LogP contribution in [0, 0.1) is 0 Å². The molecule has 0 aliphatic carbocycles. The predicted octanol–water partition coefficient (Wildman–Crippen LogP) is 1.66. The van der Waals surface area contributed by atoms with Crippen LogP contribution in [-0.2, 0) is 5.66 Å². The third kappa shape index (κ3) is 2.06. The van der Waals surface area contributed by atoms with Gasteiger partial charge in [0.05, 0.1) is 5.71 Å². The van der Waals surface area contributed by atoms with Crippen LogP contribution in [0.5, 0.6) is 0 Å². The van der Waals surface area contributed by atoms with Crippen molar-refractivity contribution in [1.82, 2.24) is 10.6 Å². The fraction of sp³-hybridized carbons (Fsp3) is 0.462. The largest absolute Gasteiger partial charge is 0.411 e. The molecule has 0 bridgehead atoms. The molecule has 0 spiro atoms. The molecular weight excluding hydrogens is 214 g/mol. The highest BCUT2D eigenvalue weighted by Crippen LogP contribution is 2.28. The van der Waals surface area contributed by atoms with Crippen molar-refractivity contribution >= 4 is 5.71 Å². The lowest BCUT2D eigenvalue weighted by Crippen LogP contribution is -2.54. The number of hydrogen-bond acceptors (Lipinski definition) is 4. The predicted molar refractivity (Wildman–Crippen MR) is 68.2 cm³/mol. The highest BCUT2D eigenvalue weighted by molar-refractivity contribution is 5.92. The van der Waals surface area contributed by atoms with Crippen LogP contribution in [0.25, 0.3) is 0 Å². The van der Waals surface area contributed by atoms with Gasteiger partial charge >= 0.3 is 0 Å². The molecule has 92 valence electrons. The fourth-order valence-electron chi connectivity index (χ4n) is 2.31. The molecule has 0 amide bonds. The Bertz CT molecular complexity index is 428. The molecule has 1 fully saturated rings. The molecule has 1 aromatic carbocycles. The molecule has 0 saturated carbocycles. The van der Waals surface area contributed by atoms with Gasteiger partial charge in [-0.3, -0.25) is 10.6 Å². The van der Waals surface area contributed by atoms with E-state index < -0.39 is 5.66 Å². The second kappa shape index (κ2) is 4.13. The zero-order valence-electron chi connectivity index (χ0n) is 10.5. The van der Waals surface area contributed by atoms with E-state index >= 15 is 0 Å². The second-order valence-corrected chi connectivity index (χ2v) is 5.16. The Balaban J connectivity index is 2.47. The highest BCUT2D eigenvalue weighted by Gasteiger charge is 2.45. The van der Waals surface area contributed by atoms with Crippen molar-refractivity contribution in [3.8, 4) is 0 Å². The van der Waals surface area contributed by atoms with Crippen molar-refractivity contribution in [1.29, 1.82) is 0 Å². The zero-order valence-corrected chi connectivity index (χ0v) is 10.5. The minimum atomic E-state index is -0.570. The maximum atomic E-state index is 9.10. The molecule has 1 atom stereocenters. The minimum Gasteiger partial charge on any atom is -0.411 e. The number of oxime groups is 1. The average molecular weight is 233 g/mol. The van der Waals surface area contributed by atoms with Crippen molar-refractivity contribution < 1.29 is 5.21 Å². The third-order valence-corrected chi connectivity index (χ3v) is 3.22. The Morgan fingerprint density at radius 1 is 1.29 bits per heavy atom. The van der Waals surface area contributed by atoms with Crippen molar-refractivity contribution in [2.45, 2.75) is 32.0 Å². The van der Waals surface area contributed by atoms with Gasteiger partial charge in [0.2, 0.25) is 0 Å². The first kappa shape index (κ1) is 12.1. The van der Waals surface area contributed by atoms with Crippen LogP contribution in [0.2, 0.25) is 0 Å². The van der Waals surface area contributed by atoms with Gasteiger partial charge in [-0.2, -0.15) is 0 Å².